The van der Waals surface area contributed by atoms with Gasteiger partial charge in [-0.1, -0.05) is 18.2 Å². The van der Waals surface area contributed by atoms with Crippen molar-refractivity contribution in [2.75, 3.05) is 38.7 Å². The van der Waals surface area contributed by atoms with Crippen LogP contribution in [-0.4, -0.2) is 69.0 Å². The minimum atomic E-state index is -0.0929. The van der Waals surface area contributed by atoms with Crippen LogP contribution in [0.4, 0.5) is 11.6 Å². The number of fused-ring (bicyclic) bond motifs is 1. The molecule has 2 atom stereocenters. The number of ether oxygens (including phenoxy) is 2. The van der Waals surface area contributed by atoms with Crippen molar-refractivity contribution in [2.45, 2.75) is 0 Å². The third-order valence-electron chi connectivity index (χ3n) is 5.29. The Bertz CT molecular complexity index is 1100. The summed E-state index contributed by atoms with van der Waals surface area (Å²) in [5.74, 6) is 0.872. The second-order valence-electron chi connectivity index (χ2n) is 7.47. The van der Waals surface area contributed by atoms with Gasteiger partial charge in [0, 0.05) is 51.5 Å². The lowest BCUT2D eigenvalue weighted by Gasteiger charge is -2.18. The molecule has 11 heteroatoms. The Morgan fingerprint density at radius 2 is 2.16 bits per heavy atom. The number of nitrogens with zero attached hydrogens (tertiary/aromatic N) is 5. The molecule has 4 rings (SSSR count). The first-order chi connectivity index (χ1) is 15.0. The maximum atomic E-state index is 12.1. The van der Waals surface area contributed by atoms with Crippen LogP contribution in [0.5, 0.6) is 5.88 Å². The molecule has 0 aliphatic carbocycles. The Morgan fingerprint density at radius 1 is 1.39 bits per heavy atom. The highest BCUT2D eigenvalue weighted by Crippen LogP contribution is 2.33. The predicted molar refractivity (Wildman–Crippen MR) is 117 cm³/mol. The number of nitrogens with one attached hydrogen (secondary N) is 2. The highest BCUT2D eigenvalue weighted by Gasteiger charge is 2.35. The molecule has 1 aliphatic heterocycles. The number of halogens is 1. The molecule has 10 nitrogen and oxygen atoms in total. The number of anilines is 2. The zero-order valence-corrected chi connectivity index (χ0v) is 18.1. The number of aryl methyl sites for hydroxylation is 1. The van der Waals surface area contributed by atoms with E-state index in [1.165, 1.54) is 6.08 Å². The molecule has 31 heavy (non-hydrogen) atoms. The molecule has 1 aliphatic rings. The molecule has 0 bridgehead atoms. The number of rotatable bonds is 8. The lowest BCUT2D eigenvalue weighted by atomic mass is 9.98. The van der Waals surface area contributed by atoms with Gasteiger partial charge in [0.2, 0.25) is 17.7 Å². The van der Waals surface area contributed by atoms with Gasteiger partial charge in [-0.25, -0.2) is 0 Å². The van der Waals surface area contributed by atoms with E-state index in [2.05, 4.69) is 31.9 Å². The number of H-pyrrole nitrogens is 1. The number of carbonyl (C=O) groups is 1. The van der Waals surface area contributed by atoms with E-state index in [4.69, 9.17) is 21.1 Å². The summed E-state index contributed by atoms with van der Waals surface area (Å²) in [4.78, 5) is 25.9. The minimum absolute atomic E-state index is 0.0846. The second kappa shape index (κ2) is 8.94. The van der Waals surface area contributed by atoms with Gasteiger partial charge in [0.1, 0.15) is 5.65 Å². The van der Waals surface area contributed by atoms with Crippen molar-refractivity contribution in [1.82, 2.24) is 29.6 Å². The summed E-state index contributed by atoms with van der Waals surface area (Å²) in [7, 11) is 3.48. The first-order valence-electron chi connectivity index (χ1n) is 9.81. The summed E-state index contributed by atoms with van der Waals surface area (Å²) in [5.41, 5.74) is 1.31. The van der Waals surface area contributed by atoms with Crippen molar-refractivity contribution in [2.24, 2.45) is 18.9 Å². The van der Waals surface area contributed by atoms with Gasteiger partial charge in [-0.15, -0.1) is 0 Å². The zero-order chi connectivity index (χ0) is 22.0. The molecule has 0 saturated carbocycles. The molecule has 164 valence electrons. The van der Waals surface area contributed by atoms with Crippen LogP contribution in [0.2, 0.25) is 5.02 Å². The van der Waals surface area contributed by atoms with Crippen LogP contribution in [0.15, 0.2) is 31.2 Å². The normalized spacial score (nSPS) is 18.5. The minimum Gasteiger partial charge on any atom is -0.477 e. The molecule has 3 aromatic heterocycles. The quantitative estimate of drug-likeness (QED) is 0.512. The van der Waals surface area contributed by atoms with Gasteiger partial charge in [0.15, 0.2) is 0 Å². The van der Waals surface area contributed by atoms with Crippen LogP contribution in [0.1, 0.15) is 0 Å². The number of amides is 1. The van der Waals surface area contributed by atoms with Crippen molar-refractivity contribution in [3.63, 3.8) is 0 Å². The molecule has 0 radical (unpaired) electrons. The fourth-order valence-electron chi connectivity index (χ4n) is 3.76. The van der Waals surface area contributed by atoms with Gasteiger partial charge in [-0.2, -0.15) is 15.1 Å². The molecule has 0 aromatic carbocycles. The van der Waals surface area contributed by atoms with E-state index in [9.17, 15) is 4.79 Å². The van der Waals surface area contributed by atoms with Crippen LogP contribution in [0, 0.1) is 11.8 Å². The van der Waals surface area contributed by atoms with Crippen molar-refractivity contribution >= 4 is 40.2 Å². The van der Waals surface area contributed by atoms with E-state index in [1.54, 1.807) is 29.1 Å². The second-order valence-corrected chi connectivity index (χ2v) is 7.88. The lowest BCUT2D eigenvalue weighted by Crippen LogP contribution is -2.27. The largest absolute Gasteiger partial charge is 0.477 e. The topological polar surface area (TPSA) is 110 Å². The van der Waals surface area contributed by atoms with Gasteiger partial charge in [-0.05, 0) is 6.08 Å². The molecule has 1 fully saturated rings. The monoisotopic (exact) mass is 445 g/mol. The molecular weight excluding hydrogens is 422 g/mol. The number of methoxy groups -OCH3 is 1. The first kappa shape index (κ1) is 21.1. The highest BCUT2D eigenvalue weighted by molar-refractivity contribution is 6.35. The molecule has 4 heterocycles. The van der Waals surface area contributed by atoms with Crippen molar-refractivity contribution in [1.29, 1.82) is 0 Å². The van der Waals surface area contributed by atoms with Crippen molar-refractivity contribution in [3.8, 4) is 5.88 Å². The Balaban J connectivity index is 1.56. The predicted octanol–water partition coefficient (Wildman–Crippen LogP) is 2.37. The fraction of sp³-hybridized carbons (Fsp3) is 0.400. The summed E-state index contributed by atoms with van der Waals surface area (Å²) in [6, 6.07) is 0. The molecular formula is C20H24ClN7O3. The van der Waals surface area contributed by atoms with Crippen LogP contribution in [-0.2, 0) is 16.6 Å². The molecule has 0 spiro atoms. The van der Waals surface area contributed by atoms with Crippen LogP contribution < -0.4 is 10.1 Å². The van der Waals surface area contributed by atoms with E-state index in [0.29, 0.717) is 54.2 Å². The lowest BCUT2D eigenvalue weighted by molar-refractivity contribution is -0.125. The summed E-state index contributed by atoms with van der Waals surface area (Å²) >= 11 is 6.34. The maximum absolute atomic E-state index is 12.1. The van der Waals surface area contributed by atoms with E-state index < -0.39 is 0 Å². The molecule has 1 saturated heterocycles. The zero-order valence-electron chi connectivity index (χ0n) is 17.3. The van der Waals surface area contributed by atoms with Gasteiger partial charge in [0.05, 0.1) is 35.5 Å². The third kappa shape index (κ3) is 4.49. The molecule has 2 unspecified atom stereocenters. The SMILES string of the molecule is C=CC(=O)N1CC(COC)C(COc2nc(Nc3cnn(C)c3)nc3[nH]cc(Cl)c23)C1. The van der Waals surface area contributed by atoms with Crippen molar-refractivity contribution in [3.05, 3.63) is 36.3 Å². The average molecular weight is 446 g/mol. The van der Waals surface area contributed by atoms with Gasteiger partial charge in [-0.3, -0.25) is 9.48 Å². The number of likely N-dealkylation sites (tertiary alicyclic amines) is 1. The Kier molecular flexibility index (Phi) is 6.10. The molecule has 3 aromatic rings. The average Bonchev–Trinajstić information content (AvgIpc) is 3.45. The first-order valence-corrected chi connectivity index (χ1v) is 10.2. The van der Waals surface area contributed by atoms with Crippen LogP contribution >= 0.6 is 11.6 Å². The summed E-state index contributed by atoms with van der Waals surface area (Å²) in [6.07, 6.45) is 6.47. The number of aromatic nitrogens is 5. The number of carbonyl (C=O) groups excluding carboxylic acids is 1. The van der Waals surface area contributed by atoms with Crippen LogP contribution in [0.25, 0.3) is 11.0 Å². The fourth-order valence-corrected chi connectivity index (χ4v) is 3.99. The van der Waals surface area contributed by atoms with E-state index in [1.807, 2.05) is 13.2 Å². The number of aromatic amines is 1. The maximum Gasteiger partial charge on any atom is 0.245 e. The Hall–Kier alpha value is -3.11. The van der Waals surface area contributed by atoms with E-state index in [-0.39, 0.29) is 17.7 Å². The molecule has 1 amide bonds. The van der Waals surface area contributed by atoms with Crippen LogP contribution in [0.3, 0.4) is 0 Å². The van der Waals surface area contributed by atoms with Gasteiger partial charge < -0.3 is 24.7 Å². The third-order valence-corrected chi connectivity index (χ3v) is 5.59. The van der Waals surface area contributed by atoms with Gasteiger partial charge >= 0.3 is 0 Å². The molecule has 2 N–H and O–H groups in total. The van der Waals surface area contributed by atoms with Gasteiger partial charge in [0.25, 0.3) is 0 Å². The van der Waals surface area contributed by atoms with E-state index in [0.717, 1.165) is 5.69 Å². The van der Waals surface area contributed by atoms with Crippen molar-refractivity contribution < 1.29 is 14.3 Å². The Morgan fingerprint density at radius 3 is 2.84 bits per heavy atom. The standard InChI is InChI=1S/C20H24ClN7O3/c1-4-16(29)28-7-12(10-30-3)13(8-28)11-31-19-17-15(21)6-22-18(17)25-20(26-19)24-14-5-23-27(2)9-14/h4-6,9,12-13H,1,7-8,10-11H2,2-3H3,(H2,22,24,25,26). The van der Waals surface area contributed by atoms with E-state index >= 15 is 0 Å². The highest BCUT2D eigenvalue weighted by atomic mass is 35.5. The summed E-state index contributed by atoms with van der Waals surface area (Å²) < 4.78 is 13.2. The number of hydrogen-bond acceptors (Lipinski definition) is 7. The smallest absolute Gasteiger partial charge is 0.245 e. The Labute approximate surface area is 184 Å². The summed E-state index contributed by atoms with van der Waals surface area (Å²) in [6.45, 7) is 5.63. The number of hydrogen-bond donors (Lipinski definition) is 2. The summed E-state index contributed by atoms with van der Waals surface area (Å²) in [5, 5.41) is 8.34.